The van der Waals surface area contributed by atoms with E-state index in [4.69, 9.17) is 9.47 Å². The third-order valence-corrected chi connectivity index (χ3v) is 4.41. The van der Waals surface area contributed by atoms with Crippen molar-refractivity contribution in [1.29, 1.82) is 0 Å². The van der Waals surface area contributed by atoms with Gasteiger partial charge in [-0.25, -0.2) is 9.78 Å². The van der Waals surface area contributed by atoms with Crippen molar-refractivity contribution in [2.45, 2.75) is 25.4 Å². The molecule has 0 atom stereocenters. The molecule has 0 bridgehead atoms. The number of aromatic nitrogens is 3. The Morgan fingerprint density at radius 2 is 1.96 bits per heavy atom. The summed E-state index contributed by atoms with van der Waals surface area (Å²) in [5.74, 6) is 1.39. The SMILES string of the molecule is COC(=O)c1ccnc(-n2nccc2OCc2ccc(C3CC3)cc2)c1. The maximum Gasteiger partial charge on any atom is 0.338 e. The van der Waals surface area contributed by atoms with Gasteiger partial charge in [-0.3, -0.25) is 0 Å². The van der Waals surface area contributed by atoms with Crippen LogP contribution in [0.1, 0.15) is 40.2 Å². The van der Waals surface area contributed by atoms with Crippen LogP contribution in [0.2, 0.25) is 0 Å². The van der Waals surface area contributed by atoms with Crippen molar-refractivity contribution in [3.05, 3.63) is 71.5 Å². The lowest BCUT2D eigenvalue weighted by molar-refractivity contribution is 0.0600. The molecule has 1 aliphatic carbocycles. The lowest BCUT2D eigenvalue weighted by Crippen LogP contribution is -2.07. The minimum atomic E-state index is -0.418. The van der Waals surface area contributed by atoms with E-state index >= 15 is 0 Å². The highest BCUT2D eigenvalue weighted by Crippen LogP contribution is 2.39. The number of hydrogen-bond acceptors (Lipinski definition) is 5. The maximum atomic E-state index is 11.7. The second-order valence-electron chi connectivity index (χ2n) is 6.28. The minimum Gasteiger partial charge on any atom is -0.473 e. The fourth-order valence-corrected chi connectivity index (χ4v) is 2.81. The number of carbonyl (C=O) groups is 1. The summed E-state index contributed by atoms with van der Waals surface area (Å²) in [7, 11) is 1.35. The summed E-state index contributed by atoms with van der Waals surface area (Å²) in [4.78, 5) is 16.0. The first-order valence-corrected chi connectivity index (χ1v) is 8.55. The summed E-state index contributed by atoms with van der Waals surface area (Å²) in [6.45, 7) is 0.438. The molecule has 1 aliphatic rings. The Morgan fingerprint density at radius 1 is 1.15 bits per heavy atom. The number of ether oxygens (including phenoxy) is 2. The summed E-state index contributed by atoms with van der Waals surface area (Å²) in [5.41, 5.74) is 2.91. The van der Waals surface area contributed by atoms with Crippen molar-refractivity contribution in [3.63, 3.8) is 0 Å². The Balaban J connectivity index is 1.49. The van der Waals surface area contributed by atoms with Gasteiger partial charge in [-0.15, -0.1) is 0 Å². The van der Waals surface area contributed by atoms with E-state index in [0.717, 1.165) is 11.5 Å². The smallest absolute Gasteiger partial charge is 0.338 e. The monoisotopic (exact) mass is 349 g/mol. The molecule has 2 heterocycles. The Morgan fingerprint density at radius 3 is 2.69 bits per heavy atom. The largest absolute Gasteiger partial charge is 0.473 e. The average molecular weight is 349 g/mol. The van der Waals surface area contributed by atoms with Crippen molar-refractivity contribution in [3.8, 4) is 11.7 Å². The molecular formula is C20H19N3O3. The van der Waals surface area contributed by atoms with Crippen LogP contribution in [-0.4, -0.2) is 27.8 Å². The lowest BCUT2D eigenvalue weighted by Gasteiger charge is -2.10. The van der Waals surface area contributed by atoms with Gasteiger partial charge in [0.25, 0.3) is 0 Å². The second-order valence-corrected chi connectivity index (χ2v) is 6.28. The zero-order chi connectivity index (χ0) is 17.9. The molecule has 132 valence electrons. The molecule has 6 heteroatoms. The van der Waals surface area contributed by atoms with Crippen molar-refractivity contribution in [2.75, 3.05) is 7.11 Å². The molecule has 0 aliphatic heterocycles. The van der Waals surface area contributed by atoms with Gasteiger partial charge in [0.15, 0.2) is 5.82 Å². The van der Waals surface area contributed by atoms with E-state index in [1.165, 1.54) is 25.5 Å². The number of hydrogen-bond donors (Lipinski definition) is 0. The highest BCUT2D eigenvalue weighted by molar-refractivity contribution is 5.89. The Labute approximate surface area is 151 Å². The van der Waals surface area contributed by atoms with Gasteiger partial charge in [0.05, 0.1) is 18.9 Å². The molecule has 0 spiro atoms. The third-order valence-electron chi connectivity index (χ3n) is 4.41. The average Bonchev–Trinajstić information content (AvgIpc) is 3.44. The maximum absolute atomic E-state index is 11.7. The molecule has 1 saturated carbocycles. The molecule has 0 amide bonds. The van der Waals surface area contributed by atoms with E-state index in [0.29, 0.717) is 23.9 Å². The van der Waals surface area contributed by atoms with Crippen LogP contribution in [0.4, 0.5) is 0 Å². The molecule has 2 aromatic heterocycles. The van der Waals surface area contributed by atoms with Gasteiger partial charge in [-0.2, -0.15) is 9.78 Å². The summed E-state index contributed by atoms with van der Waals surface area (Å²) < 4.78 is 12.2. The van der Waals surface area contributed by atoms with Gasteiger partial charge in [-0.1, -0.05) is 24.3 Å². The molecule has 3 aromatic rings. The van der Waals surface area contributed by atoms with Crippen LogP contribution in [0, 0.1) is 0 Å². The number of carbonyl (C=O) groups excluding carboxylic acids is 1. The number of esters is 1. The zero-order valence-electron chi connectivity index (χ0n) is 14.5. The topological polar surface area (TPSA) is 66.2 Å². The van der Waals surface area contributed by atoms with E-state index in [9.17, 15) is 4.79 Å². The van der Waals surface area contributed by atoms with E-state index in [1.54, 1.807) is 35.3 Å². The number of pyridine rings is 1. The van der Waals surface area contributed by atoms with Gasteiger partial charge >= 0.3 is 5.97 Å². The van der Waals surface area contributed by atoms with Crippen LogP contribution in [0.5, 0.6) is 5.88 Å². The van der Waals surface area contributed by atoms with Crippen LogP contribution in [0.3, 0.4) is 0 Å². The van der Waals surface area contributed by atoms with E-state index in [-0.39, 0.29) is 0 Å². The fourth-order valence-electron chi connectivity index (χ4n) is 2.81. The van der Waals surface area contributed by atoms with Crippen molar-refractivity contribution in [1.82, 2.24) is 14.8 Å². The number of rotatable bonds is 6. The minimum absolute atomic E-state index is 0.412. The first kappa shape index (κ1) is 16.3. The second kappa shape index (κ2) is 7.00. The van der Waals surface area contributed by atoms with Crippen LogP contribution < -0.4 is 4.74 Å². The predicted molar refractivity (Wildman–Crippen MR) is 95.4 cm³/mol. The molecule has 0 unspecified atom stereocenters. The highest BCUT2D eigenvalue weighted by Gasteiger charge is 2.22. The van der Waals surface area contributed by atoms with Crippen LogP contribution in [0.25, 0.3) is 5.82 Å². The molecule has 6 nitrogen and oxygen atoms in total. The highest BCUT2D eigenvalue weighted by atomic mass is 16.5. The van der Waals surface area contributed by atoms with E-state index in [2.05, 4.69) is 34.3 Å². The molecular weight excluding hydrogens is 330 g/mol. The quantitative estimate of drug-likeness (QED) is 0.637. The molecule has 26 heavy (non-hydrogen) atoms. The van der Waals surface area contributed by atoms with Crippen LogP contribution in [0.15, 0.2) is 54.9 Å². The zero-order valence-corrected chi connectivity index (χ0v) is 14.5. The molecule has 0 N–H and O–H groups in total. The van der Waals surface area contributed by atoms with Gasteiger partial charge < -0.3 is 9.47 Å². The summed E-state index contributed by atoms with van der Waals surface area (Å²) in [6.07, 6.45) is 5.78. The van der Waals surface area contributed by atoms with Crippen molar-refractivity contribution in [2.24, 2.45) is 0 Å². The van der Waals surface area contributed by atoms with E-state index in [1.807, 2.05) is 0 Å². The molecule has 1 fully saturated rings. The lowest BCUT2D eigenvalue weighted by atomic mass is 10.1. The molecule has 1 aromatic carbocycles. The summed E-state index contributed by atoms with van der Waals surface area (Å²) in [5, 5.41) is 4.25. The van der Waals surface area contributed by atoms with Crippen LogP contribution >= 0.6 is 0 Å². The molecule has 0 radical (unpaired) electrons. The molecule has 4 rings (SSSR count). The molecule has 0 saturated heterocycles. The van der Waals surface area contributed by atoms with Crippen LogP contribution in [-0.2, 0) is 11.3 Å². The Bertz CT molecular complexity index is 914. The first-order chi connectivity index (χ1) is 12.7. The van der Waals surface area contributed by atoms with Gasteiger partial charge in [0, 0.05) is 12.3 Å². The number of benzene rings is 1. The summed E-state index contributed by atoms with van der Waals surface area (Å²) >= 11 is 0. The normalized spacial score (nSPS) is 13.4. The first-order valence-electron chi connectivity index (χ1n) is 8.55. The summed E-state index contributed by atoms with van der Waals surface area (Å²) in [6, 6.07) is 13.5. The standard InChI is InChI=1S/C20H19N3O3/c1-25-20(24)17-8-10-21-18(12-17)23-19(9-11-22-23)26-13-14-2-4-15(5-3-14)16-6-7-16/h2-5,8-12,16H,6-7,13H2,1H3. The van der Waals surface area contributed by atoms with Crippen molar-refractivity contribution >= 4 is 5.97 Å². The predicted octanol–water partition coefficient (Wildman–Crippen LogP) is 3.51. The number of methoxy groups -OCH3 is 1. The van der Waals surface area contributed by atoms with E-state index < -0.39 is 5.97 Å². The van der Waals surface area contributed by atoms with Crippen molar-refractivity contribution < 1.29 is 14.3 Å². The van der Waals surface area contributed by atoms with Gasteiger partial charge in [0.2, 0.25) is 5.88 Å². The number of nitrogens with zero attached hydrogens (tertiary/aromatic N) is 3. The third kappa shape index (κ3) is 3.44. The fraction of sp³-hybridized carbons (Fsp3) is 0.250. The Kier molecular flexibility index (Phi) is 4.39. The Hall–Kier alpha value is -3.15. The van der Waals surface area contributed by atoms with Gasteiger partial charge in [0.1, 0.15) is 6.61 Å². The van der Waals surface area contributed by atoms with Gasteiger partial charge in [-0.05, 0) is 42.0 Å².